The standard InChI is InChI=1S/C26H20S/c1-17-8-5-9-19(16-17)20-11-6-12-21(18(20)2)23-13-7-14-24-22-10-3-4-15-25(22)27-26(23)24/h3-16H,1-2H3. The molecule has 1 heterocycles. The first kappa shape index (κ1) is 16.3. The Labute approximate surface area is 163 Å². The van der Waals surface area contributed by atoms with E-state index in [0.29, 0.717) is 0 Å². The zero-order valence-electron chi connectivity index (χ0n) is 15.5. The van der Waals surface area contributed by atoms with Crippen molar-refractivity contribution in [2.75, 3.05) is 0 Å². The minimum Gasteiger partial charge on any atom is -0.135 e. The van der Waals surface area contributed by atoms with E-state index in [0.717, 1.165) is 0 Å². The van der Waals surface area contributed by atoms with E-state index in [1.807, 2.05) is 11.3 Å². The molecule has 4 aromatic carbocycles. The van der Waals surface area contributed by atoms with E-state index in [4.69, 9.17) is 0 Å². The highest BCUT2D eigenvalue weighted by Gasteiger charge is 2.13. The van der Waals surface area contributed by atoms with Crippen molar-refractivity contribution in [1.29, 1.82) is 0 Å². The first-order chi connectivity index (χ1) is 13.2. The van der Waals surface area contributed by atoms with Crippen molar-refractivity contribution < 1.29 is 0 Å². The van der Waals surface area contributed by atoms with Gasteiger partial charge in [-0.3, -0.25) is 0 Å². The Morgan fingerprint density at radius 3 is 2.19 bits per heavy atom. The summed E-state index contributed by atoms with van der Waals surface area (Å²) in [7, 11) is 0. The van der Waals surface area contributed by atoms with Crippen molar-refractivity contribution in [3.8, 4) is 22.3 Å². The average molecular weight is 365 g/mol. The van der Waals surface area contributed by atoms with E-state index >= 15 is 0 Å². The predicted octanol–water partition coefficient (Wildman–Crippen LogP) is 8.01. The second-order valence-corrected chi connectivity index (χ2v) is 8.18. The van der Waals surface area contributed by atoms with Gasteiger partial charge in [0.05, 0.1) is 0 Å². The van der Waals surface area contributed by atoms with Crippen LogP contribution in [0.15, 0.2) is 84.9 Å². The third-order valence-electron chi connectivity index (χ3n) is 5.36. The van der Waals surface area contributed by atoms with Crippen molar-refractivity contribution in [3.63, 3.8) is 0 Å². The fourth-order valence-electron chi connectivity index (χ4n) is 4.01. The summed E-state index contributed by atoms with van der Waals surface area (Å²) < 4.78 is 2.73. The molecule has 0 spiro atoms. The van der Waals surface area contributed by atoms with Crippen LogP contribution < -0.4 is 0 Å². The van der Waals surface area contributed by atoms with Crippen LogP contribution in [0.5, 0.6) is 0 Å². The molecule has 0 radical (unpaired) electrons. The van der Waals surface area contributed by atoms with E-state index < -0.39 is 0 Å². The zero-order valence-corrected chi connectivity index (χ0v) is 16.3. The molecule has 0 nitrogen and oxygen atoms in total. The molecule has 0 aliphatic rings. The smallest absolute Gasteiger partial charge is 0.0433 e. The summed E-state index contributed by atoms with van der Waals surface area (Å²) in [4.78, 5) is 0. The van der Waals surface area contributed by atoms with E-state index in [-0.39, 0.29) is 0 Å². The number of rotatable bonds is 2. The molecule has 0 unspecified atom stereocenters. The van der Waals surface area contributed by atoms with Crippen molar-refractivity contribution >= 4 is 31.5 Å². The van der Waals surface area contributed by atoms with E-state index in [9.17, 15) is 0 Å². The van der Waals surface area contributed by atoms with E-state index in [1.54, 1.807) is 0 Å². The third kappa shape index (κ3) is 2.67. The van der Waals surface area contributed by atoms with E-state index in [2.05, 4.69) is 98.8 Å². The first-order valence-corrected chi connectivity index (χ1v) is 10.1. The van der Waals surface area contributed by atoms with Gasteiger partial charge in [0.25, 0.3) is 0 Å². The topological polar surface area (TPSA) is 0 Å². The molecule has 0 saturated heterocycles. The Morgan fingerprint density at radius 1 is 0.593 bits per heavy atom. The molecule has 130 valence electrons. The van der Waals surface area contributed by atoms with Gasteiger partial charge in [0.2, 0.25) is 0 Å². The molecule has 1 heteroatoms. The van der Waals surface area contributed by atoms with Gasteiger partial charge in [-0.05, 0) is 47.7 Å². The molecule has 0 saturated carbocycles. The summed E-state index contributed by atoms with van der Waals surface area (Å²) in [6.07, 6.45) is 0. The number of benzene rings is 4. The van der Waals surface area contributed by atoms with Gasteiger partial charge in [-0.15, -0.1) is 11.3 Å². The van der Waals surface area contributed by atoms with Crippen LogP contribution in [0, 0.1) is 13.8 Å². The van der Waals surface area contributed by atoms with Gasteiger partial charge in [0.15, 0.2) is 0 Å². The monoisotopic (exact) mass is 364 g/mol. The van der Waals surface area contributed by atoms with Gasteiger partial charge in [-0.2, -0.15) is 0 Å². The van der Waals surface area contributed by atoms with Crippen LogP contribution in [0.2, 0.25) is 0 Å². The minimum atomic E-state index is 1.29. The summed E-state index contributed by atoms with van der Waals surface area (Å²) >= 11 is 1.90. The first-order valence-electron chi connectivity index (χ1n) is 9.29. The molecule has 0 fully saturated rings. The van der Waals surface area contributed by atoms with Crippen LogP contribution in [0.4, 0.5) is 0 Å². The van der Waals surface area contributed by atoms with Crippen LogP contribution in [-0.4, -0.2) is 0 Å². The van der Waals surface area contributed by atoms with E-state index in [1.165, 1.54) is 53.6 Å². The number of aryl methyl sites for hydroxylation is 1. The van der Waals surface area contributed by atoms with Crippen LogP contribution >= 0.6 is 11.3 Å². The number of hydrogen-bond donors (Lipinski definition) is 0. The number of fused-ring (bicyclic) bond motifs is 3. The quantitative estimate of drug-likeness (QED) is 0.297. The average Bonchev–Trinajstić information content (AvgIpc) is 3.07. The molecule has 5 rings (SSSR count). The number of thiophene rings is 1. The van der Waals surface area contributed by atoms with Gasteiger partial charge < -0.3 is 0 Å². The summed E-state index contributed by atoms with van der Waals surface area (Å²) in [5.74, 6) is 0. The van der Waals surface area contributed by atoms with Crippen LogP contribution in [-0.2, 0) is 0 Å². The highest BCUT2D eigenvalue weighted by atomic mass is 32.1. The Balaban J connectivity index is 1.77. The fourth-order valence-corrected chi connectivity index (χ4v) is 5.24. The van der Waals surface area contributed by atoms with Gasteiger partial charge in [0.1, 0.15) is 0 Å². The molecule has 1 aromatic heterocycles. The maximum atomic E-state index is 2.27. The van der Waals surface area contributed by atoms with Gasteiger partial charge >= 0.3 is 0 Å². The highest BCUT2D eigenvalue weighted by Crippen LogP contribution is 2.41. The normalized spacial score (nSPS) is 11.3. The van der Waals surface area contributed by atoms with Crippen molar-refractivity contribution in [2.24, 2.45) is 0 Å². The molecule has 0 bridgehead atoms. The third-order valence-corrected chi connectivity index (χ3v) is 6.58. The molecular weight excluding hydrogens is 344 g/mol. The van der Waals surface area contributed by atoms with Gasteiger partial charge in [-0.25, -0.2) is 0 Å². The predicted molar refractivity (Wildman–Crippen MR) is 120 cm³/mol. The van der Waals surface area contributed by atoms with Crippen LogP contribution in [0.3, 0.4) is 0 Å². The summed E-state index contributed by atoms with van der Waals surface area (Å²) in [5, 5.41) is 2.71. The Bertz CT molecular complexity index is 1290. The molecule has 27 heavy (non-hydrogen) atoms. The van der Waals surface area contributed by atoms with Crippen LogP contribution in [0.25, 0.3) is 42.4 Å². The Kier molecular flexibility index (Phi) is 3.84. The van der Waals surface area contributed by atoms with Gasteiger partial charge in [-0.1, -0.05) is 84.4 Å². The van der Waals surface area contributed by atoms with Crippen LogP contribution in [0.1, 0.15) is 11.1 Å². The lowest BCUT2D eigenvalue weighted by molar-refractivity contribution is 1.42. The molecule has 0 aliphatic carbocycles. The molecule has 0 atom stereocenters. The summed E-state index contributed by atoms with van der Waals surface area (Å²) in [5.41, 5.74) is 7.90. The maximum absolute atomic E-state index is 2.27. The SMILES string of the molecule is Cc1cccc(-c2cccc(-c3cccc4c3sc3ccccc34)c2C)c1. The van der Waals surface area contributed by atoms with Crippen molar-refractivity contribution in [2.45, 2.75) is 13.8 Å². The molecular formula is C26H20S. The Morgan fingerprint density at radius 2 is 1.30 bits per heavy atom. The van der Waals surface area contributed by atoms with Crippen molar-refractivity contribution in [3.05, 3.63) is 96.1 Å². The maximum Gasteiger partial charge on any atom is 0.0433 e. The second kappa shape index (κ2) is 6.37. The number of hydrogen-bond acceptors (Lipinski definition) is 1. The van der Waals surface area contributed by atoms with Gasteiger partial charge in [0, 0.05) is 20.2 Å². The highest BCUT2D eigenvalue weighted by molar-refractivity contribution is 7.26. The minimum absolute atomic E-state index is 1.29. The Hall–Kier alpha value is -2.90. The lowest BCUT2D eigenvalue weighted by Gasteiger charge is -2.13. The largest absolute Gasteiger partial charge is 0.135 e. The molecule has 0 amide bonds. The second-order valence-electron chi connectivity index (χ2n) is 7.13. The lowest BCUT2D eigenvalue weighted by Crippen LogP contribution is -1.89. The summed E-state index contributed by atoms with van der Waals surface area (Å²) in [6.45, 7) is 4.40. The molecule has 0 N–H and O–H groups in total. The lowest BCUT2D eigenvalue weighted by atomic mass is 9.92. The molecule has 5 aromatic rings. The fraction of sp³-hybridized carbons (Fsp3) is 0.0769. The summed E-state index contributed by atoms with van der Waals surface area (Å²) in [6, 6.07) is 30.9. The van der Waals surface area contributed by atoms with Crippen molar-refractivity contribution in [1.82, 2.24) is 0 Å². The molecule has 0 aliphatic heterocycles. The zero-order chi connectivity index (χ0) is 18.4.